The van der Waals surface area contributed by atoms with Crippen molar-refractivity contribution < 1.29 is 9.53 Å². The molecule has 0 unspecified atom stereocenters. The summed E-state index contributed by atoms with van der Waals surface area (Å²) in [5.74, 6) is 1.14. The molecule has 0 spiro atoms. The van der Waals surface area contributed by atoms with E-state index in [1.807, 2.05) is 6.92 Å². The van der Waals surface area contributed by atoms with Gasteiger partial charge in [-0.3, -0.25) is 0 Å². The highest BCUT2D eigenvalue weighted by atomic mass is 127. The van der Waals surface area contributed by atoms with E-state index in [0.29, 0.717) is 12.5 Å². The smallest absolute Gasteiger partial charge is 0.330 e. The van der Waals surface area contributed by atoms with Gasteiger partial charge in [-0.05, 0) is 31.6 Å². The van der Waals surface area contributed by atoms with E-state index in [4.69, 9.17) is 4.74 Å². The zero-order valence-electron chi connectivity index (χ0n) is 9.25. The second-order valence-corrected chi connectivity index (χ2v) is 4.85. The standard InChI is InChI=1S/C12H19IO2/c1-2-15-12(14)8-7-10-5-3-4-6-11(10)9-13/h7-8,10-11H,2-6,9H2,1H3/b8-7+/t10-,11-/m1/s1. The normalized spacial score (nSPS) is 26.8. The van der Waals surface area contributed by atoms with E-state index in [1.54, 1.807) is 6.08 Å². The molecule has 0 amide bonds. The third-order valence-corrected chi connectivity index (χ3v) is 4.06. The quantitative estimate of drug-likeness (QED) is 0.343. The number of halogens is 1. The van der Waals surface area contributed by atoms with Crippen LogP contribution >= 0.6 is 22.6 Å². The fraction of sp³-hybridized carbons (Fsp3) is 0.750. The summed E-state index contributed by atoms with van der Waals surface area (Å²) in [5.41, 5.74) is 0. The summed E-state index contributed by atoms with van der Waals surface area (Å²) in [6, 6.07) is 0. The Bertz CT molecular complexity index is 226. The van der Waals surface area contributed by atoms with Gasteiger partial charge in [-0.25, -0.2) is 4.79 Å². The Hall–Kier alpha value is -0.0600. The molecule has 1 aliphatic carbocycles. The van der Waals surface area contributed by atoms with Crippen molar-refractivity contribution in [2.24, 2.45) is 11.8 Å². The minimum Gasteiger partial charge on any atom is -0.463 e. The van der Waals surface area contributed by atoms with E-state index < -0.39 is 0 Å². The van der Waals surface area contributed by atoms with Crippen molar-refractivity contribution in [3.05, 3.63) is 12.2 Å². The van der Waals surface area contributed by atoms with Crippen molar-refractivity contribution in [1.82, 2.24) is 0 Å². The number of allylic oxidation sites excluding steroid dienone is 1. The van der Waals surface area contributed by atoms with Crippen LogP contribution in [0.15, 0.2) is 12.2 Å². The number of rotatable bonds is 4. The van der Waals surface area contributed by atoms with Crippen LogP contribution in [0.3, 0.4) is 0 Å². The molecule has 0 heterocycles. The lowest BCUT2D eigenvalue weighted by molar-refractivity contribution is -0.137. The van der Waals surface area contributed by atoms with E-state index in [2.05, 4.69) is 28.7 Å². The highest BCUT2D eigenvalue weighted by molar-refractivity contribution is 14.1. The number of hydrogen-bond acceptors (Lipinski definition) is 2. The average Bonchev–Trinajstić information content (AvgIpc) is 2.27. The first-order valence-corrected chi connectivity index (χ1v) is 7.21. The third-order valence-electron chi connectivity index (χ3n) is 2.93. The molecular weight excluding hydrogens is 303 g/mol. The van der Waals surface area contributed by atoms with E-state index in [9.17, 15) is 4.79 Å². The van der Waals surface area contributed by atoms with E-state index >= 15 is 0 Å². The van der Waals surface area contributed by atoms with Gasteiger partial charge >= 0.3 is 5.97 Å². The van der Waals surface area contributed by atoms with Crippen molar-refractivity contribution in [1.29, 1.82) is 0 Å². The summed E-state index contributed by atoms with van der Waals surface area (Å²) >= 11 is 2.45. The summed E-state index contributed by atoms with van der Waals surface area (Å²) < 4.78 is 6.06. The van der Waals surface area contributed by atoms with Crippen LogP contribution in [0.4, 0.5) is 0 Å². The summed E-state index contributed by atoms with van der Waals surface area (Å²) in [6.45, 7) is 2.30. The summed E-state index contributed by atoms with van der Waals surface area (Å²) in [6.07, 6.45) is 8.84. The highest BCUT2D eigenvalue weighted by Gasteiger charge is 2.21. The highest BCUT2D eigenvalue weighted by Crippen LogP contribution is 2.32. The molecule has 1 aliphatic rings. The number of carbonyl (C=O) groups is 1. The zero-order chi connectivity index (χ0) is 11.1. The summed E-state index contributed by atoms with van der Waals surface area (Å²) in [7, 11) is 0. The molecule has 3 heteroatoms. The number of ether oxygens (including phenoxy) is 1. The third kappa shape index (κ3) is 4.53. The SMILES string of the molecule is CCOC(=O)/C=C/[C@H]1CCCC[C@@H]1CI. The second kappa shape index (κ2) is 7.25. The first-order chi connectivity index (χ1) is 7.27. The van der Waals surface area contributed by atoms with Crippen molar-refractivity contribution in [3.8, 4) is 0 Å². The molecule has 2 nitrogen and oxygen atoms in total. The maximum atomic E-state index is 11.2. The maximum absolute atomic E-state index is 11.2. The minimum absolute atomic E-state index is 0.199. The zero-order valence-corrected chi connectivity index (χ0v) is 11.4. The number of esters is 1. The molecule has 1 fully saturated rings. The van der Waals surface area contributed by atoms with Gasteiger partial charge in [0, 0.05) is 10.5 Å². The molecule has 0 radical (unpaired) electrons. The van der Waals surface area contributed by atoms with Crippen molar-refractivity contribution in [2.75, 3.05) is 11.0 Å². The minimum atomic E-state index is -0.199. The van der Waals surface area contributed by atoms with Crippen LogP contribution < -0.4 is 0 Å². The van der Waals surface area contributed by atoms with Crippen molar-refractivity contribution >= 4 is 28.6 Å². The van der Waals surface area contributed by atoms with Gasteiger partial charge in [-0.15, -0.1) is 0 Å². The van der Waals surface area contributed by atoms with Crippen LogP contribution in [-0.4, -0.2) is 17.0 Å². The average molecular weight is 322 g/mol. The Morgan fingerprint density at radius 1 is 1.47 bits per heavy atom. The van der Waals surface area contributed by atoms with Crippen LogP contribution in [-0.2, 0) is 9.53 Å². The van der Waals surface area contributed by atoms with Crippen molar-refractivity contribution in [3.63, 3.8) is 0 Å². The molecular formula is C12H19IO2. The fourth-order valence-electron chi connectivity index (χ4n) is 2.07. The monoisotopic (exact) mass is 322 g/mol. The summed E-state index contributed by atoms with van der Waals surface area (Å²) in [4.78, 5) is 11.2. The number of alkyl halides is 1. The van der Waals surface area contributed by atoms with Crippen molar-refractivity contribution in [2.45, 2.75) is 32.6 Å². The molecule has 0 bridgehead atoms. The van der Waals surface area contributed by atoms with Gasteiger partial charge in [0.25, 0.3) is 0 Å². The van der Waals surface area contributed by atoms with Gasteiger partial charge in [-0.2, -0.15) is 0 Å². The lowest BCUT2D eigenvalue weighted by Crippen LogP contribution is -2.19. The second-order valence-electron chi connectivity index (χ2n) is 3.97. The van der Waals surface area contributed by atoms with Crippen LogP contribution in [0.2, 0.25) is 0 Å². The molecule has 0 aromatic rings. The van der Waals surface area contributed by atoms with Gasteiger partial charge < -0.3 is 4.74 Å². The fourth-order valence-corrected chi connectivity index (χ4v) is 3.17. The largest absolute Gasteiger partial charge is 0.463 e. The van der Waals surface area contributed by atoms with Crippen LogP contribution in [0.25, 0.3) is 0 Å². The Kier molecular flexibility index (Phi) is 6.29. The molecule has 86 valence electrons. The molecule has 2 atom stereocenters. The predicted octanol–water partition coefficient (Wildman–Crippen LogP) is 3.35. The van der Waals surface area contributed by atoms with E-state index in [1.165, 1.54) is 30.1 Å². The molecule has 1 saturated carbocycles. The van der Waals surface area contributed by atoms with Gasteiger partial charge in [-0.1, -0.05) is 41.5 Å². The first-order valence-electron chi connectivity index (χ1n) is 5.68. The van der Waals surface area contributed by atoms with Gasteiger partial charge in [0.1, 0.15) is 0 Å². The first kappa shape index (κ1) is 13.0. The van der Waals surface area contributed by atoms with E-state index in [-0.39, 0.29) is 5.97 Å². The van der Waals surface area contributed by atoms with Crippen LogP contribution in [0, 0.1) is 11.8 Å². The lowest BCUT2D eigenvalue weighted by atomic mass is 9.80. The topological polar surface area (TPSA) is 26.3 Å². The predicted molar refractivity (Wildman–Crippen MR) is 70.1 cm³/mol. The Morgan fingerprint density at radius 2 is 2.20 bits per heavy atom. The molecule has 0 aromatic carbocycles. The van der Waals surface area contributed by atoms with Crippen LogP contribution in [0.1, 0.15) is 32.6 Å². The van der Waals surface area contributed by atoms with Gasteiger partial charge in [0.05, 0.1) is 6.61 Å². The van der Waals surface area contributed by atoms with Crippen LogP contribution in [0.5, 0.6) is 0 Å². The van der Waals surface area contributed by atoms with Gasteiger partial charge in [0.2, 0.25) is 0 Å². The number of hydrogen-bond donors (Lipinski definition) is 0. The number of carbonyl (C=O) groups excluding carboxylic acids is 1. The molecule has 0 aromatic heterocycles. The molecule has 1 rings (SSSR count). The molecule has 0 N–H and O–H groups in total. The maximum Gasteiger partial charge on any atom is 0.330 e. The molecule has 0 saturated heterocycles. The molecule has 15 heavy (non-hydrogen) atoms. The van der Waals surface area contributed by atoms with E-state index in [0.717, 1.165) is 5.92 Å². The Morgan fingerprint density at radius 3 is 2.87 bits per heavy atom. The summed E-state index contributed by atoms with van der Waals surface area (Å²) in [5, 5.41) is 0. The molecule has 0 aliphatic heterocycles. The van der Waals surface area contributed by atoms with Gasteiger partial charge in [0.15, 0.2) is 0 Å². The Balaban J connectivity index is 2.43. The Labute approximate surface area is 106 Å². The lowest BCUT2D eigenvalue weighted by Gasteiger charge is -2.27.